The van der Waals surface area contributed by atoms with Crippen LogP contribution in [0, 0.1) is 29.1 Å². The van der Waals surface area contributed by atoms with Gasteiger partial charge in [0.05, 0.1) is 46.0 Å². The van der Waals surface area contributed by atoms with Crippen LogP contribution in [-0.2, 0) is 38.4 Å². The number of amides is 4. The van der Waals surface area contributed by atoms with Crippen LogP contribution in [-0.4, -0.2) is 87.5 Å². The number of nitrogens with one attached hydrogen (secondary N) is 2. The highest BCUT2D eigenvalue weighted by atomic mass is 32.1. The Morgan fingerprint density at radius 3 is 2.32 bits per heavy atom. The maximum atomic E-state index is 14.0. The molecule has 2 aliphatic heterocycles. The molecule has 6 rings (SSSR count). The van der Waals surface area contributed by atoms with Crippen LogP contribution in [0.5, 0.6) is 11.5 Å². The van der Waals surface area contributed by atoms with Crippen molar-refractivity contribution in [1.82, 2.24) is 25.4 Å². The summed E-state index contributed by atoms with van der Waals surface area (Å²) >= 11 is 1.56. The van der Waals surface area contributed by atoms with E-state index in [0.29, 0.717) is 38.2 Å². The SMILES string of the molecule is Cc1ncsc1-c1ccc(CNC(=O)[C@@H]2C[C@@H](O)CN2C(=O)[C@@H](NC(=O)CCCCCOc2ccc(CN3CC(C)(C)C(Oc4ccc(C#N)c(C(F)(F)F)c4)C3=O)cc2)C(C)(C)C)cc1. The molecule has 3 N–H and O–H groups in total. The van der Waals surface area contributed by atoms with Gasteiger partial charge in [-0.3, -0.25) is 19.2 Å². The molecule has 0 spiro atoms. The van der Waals surface area contributed by atoms with E-state index in [0.717, 1.165) is 39.4 Å². The smallest absolute Gasteiger partial charge is 0.417 e. The molecule has 2 aliphatic rings. The number of alkyl halides is 3. The number of likely N-dealkylation sites (tertiary alicyclic amines) is 2. The summed E-state index contributed by atoms with van der Waals surface area (Å²) in [5, 5.41) is 25.5. The van der Waals surface area contributed by atoms with Gasteiger partial charge in [0, 0.05) is 44.4 Å². The van der Waals surface area contributed by atoms with E-state index in [1.807, 2.05) is 77.9 Å². The number of halogens is 3. The van der Waals surface area contributed by atoms with Crippen LogP contribution >= 0.6 is 11.3 Å². The zero-order valence-corrected chi connectivity index (χ0v) is 38.9. The fourth-order valence-corrected chi connectivity index (χ4v) is 9.05. The quantitative estimate of drug-likeness (QED) is 0.0903. The molecule has 66 heavy (non-hydrogen) atoms. The molecular weight excluding hydrogens is 874 g/mol. The lowest BCUT2D eigenvalue weighted by Gasteiger charge is -2.35. The Kier molecular flexibility index (Phi) is 15.5. The predicted octanol–water partition coefficient (Wildman–Crippen LogP) is 7.57. The van der Waals surface area contributed by atoms with Gasteiger partial charge in [0.15, 0.2) is 6.10 Å². The molecule has 4 amide bonds. The largest absolute Gasteiger partial charge is 0.494 e. The third-order valence-corrected chi connectivity index (χ3v) is 12.8. The monoisotopic (exact) mass is 930 g/mol. The van der Waals surface area contributed by atoms with Crippen LogP contribution in [0.1, 0.15) is 94.7 Å². The zero-order chi connectivity index (χ0) is 48.0. The molecule has 13 nitrogen and oxygen atoms in total. The predicted molar refractivity (Wildman–Crippen MR) is 242 cm³/mol. The summed E-state index contributed by atoms with van der Waals surface area (Å²) in [5.74, 6) is -0.966. The summed E-state index contributed by atoms with van der Waals surface area (Å²) in [7, 11) is 0. The first-order valence-corrected chi connectivity index (χ1v) is 22.9. The van der Waals surface area contributed by atoms with Gasteiger partial charge in [-0.2, -0.15) is 18.4 Å². The van der Waals surface area contributed by atoms with E-state index >= 15 is 0 Å². The third-order valence-electron chi connectivity index (χ3n) is 11.8. The maximum absolute atomic E-state index is 14.0. The Bertz CT molecular complexity index is 2410. The van der Waals surface area contributed by atoms with E-state index < -0.39 is 58.3 Å². The van der Waals surface area contributed by atoms with E-state index in [4.69, 9.17) is 14.7 Å². The van der Waals surface area contributed by atoms with Gasteiger partial charge in [0.2, 0.25) is 17.7 Å². The lowest BCUT2D eigenvalue weighted by Crippen LogP contribution is -2.57. The minimum Gasteiger partial charge on any atom is -0.494 e. The molecule has 3 heterocycles. The maximum Gasteiger partial charge on any atom is 0.417 e. The normalized spacial score (nSPS) is 18.7. The Hall–Kier alpha value is -5.99. The van der Waals surface area contributed by atoms with Crippen molar-refractivity contribution in [1.29, 1.82) is 5.26 Å². The highest BCUT2D eigenvalue weighted by Gasteiger charge is 2.48. The van der Waals surface area contributed by atoms with Crippen LogP contribution in [0.3, 0.4) is 0 Å². The average molecular weight is 931 g/mol. The van der Waals surface area contributed by atoms with Crippen LogP contribution < -0.4 is 20.1 Å². The van der Waals surface area contributed by atoms with Crippen LogP contribution in [0.2, 0.25) is 0 Å². The Balaban J connectivity index is 0.921. The molecule has 1 unspecified atom stereocenters. The number of thiazole rings is 1. The van der Waals surface area contributed by atoms with Crippen LogP contribution in [0.15, 0.2) is 72.2 Å². The second kappa shape index (κ2) is 20.7. The van der Waals surface area contributed by atoms with Crippen molar-refractivity contribution in [2.75, 3.05) is 19.7 Å². The lowest BCUT2D eigenvalue weighted by atomic mass is 9.85. The average Bonchev–Trinajstić information content (AvgIpc) is 3.94. The van der Waals surface area contributed by atoms with E-state index in [1.165, 1.54) is 11.0 Å². The molecule has 2 saturated heterocycles. The van der Waals surface area contributed by atoms with Crippen molar-refractivity contribution in [2.45, 2.75) is 117 Å². The van der Waals surface area contributed by atoms with Crippen LogP contribution in [0.25, 0.3) is 10.4 Å². The first-order valence-electron chi connectivity index (χ1n) is 22.0. The number of aromatic nitrogens is 1. The number of nitrogens with zero attached hydrogens (tertiary/aromatic N) is 4. The Morgan fingerprint density at radius 2 is 1.68 bits per heavy atom. The molecule has 0 radical (unpaired) electrons. The van der Waals surface area contributed by atoms with Crippen LogP contribution in [0.4, 0.5) is 13.2 Å². The van der Waals surface area contributed by atoms with E-state index in [1.54, 1.807) is 39.9 Å². The number of aryl methyl sites for hydroxylation is 1. The number of benzene rings is 3. The lowest BCUT2D eigenvalue weighted by molar-refractivity contribution is -0.144. The number of aliphatic hydroxyl groups is 1. The van der Waals surface area contributed by atoms with E-state index in [2.05, 4.69) is 15.6 Å². The van der Waals surface area contributed by atoms with Gasteiger partial charge in [0.25, 0.3) is 5.91 Å². The summed E-state index contributed by atoms with van der Waals surface area (Å²) in [6.45, 7) is 12.3. The van der Waals surface area contributed by atoms with Gasteiger partial charge in [-0.25, -0.2) is 4.98 Å². The van der Waals surface area contributed by atoms with Gasteiger partial charge < -0.3 is 35.0 Å². The fourth-order valence-electron chi connectivity index (χ4n) is 8.24. The van der Waals surface area contributed by atoms with Crippen molar-refractivity contribution < 1.29 is 46.9 Å². The number of carbonyl (C=O) groups is 4. The van der Waals surface area contributed by atoms with Crippen molar-refractivity contribution in [2.24, 2.45) is 10.8 Å². The number of ether oxygens (including phenoxy) is 2. The van der Waals surface area contributed by atoms with E-state index in [9.17, 15) is 37.5 Å². The van der Waals surface area contributed by atoms with Gasteiger partial charge in [-0.05, 0) is 78.6 Å². The fraction of sp³-hybridized carbons (Fsp3) is 0.469. The second-order valence-corrected chi connectivity index (χ2v) is 19.6. The summed E-state index contributed by atoms with van der Waals surface area (Å²) in [4.78, 5) is 62.4. The van der Waals surface area contributed by atoms with Crippen molar-refractivity contribution >= 4 is 35.0 Å². The first kappa shape index (κ1) is 49.4. The number of nitriles is 1. The topological polar surface area (TPSA) is 174 Å². The van der Waals surface area contributed by atoms with Gasteiger partial charge in [-0.1, -0.05) is 71.0 Å². The van der Waals surface area contributed by atoms with Gasteiger partial charge in [0.1, 0.15) is 23.6 Å². The zero-order valence-electron chi connectivity index (χ0n) is 38.0. The molecule has 1 aromatic heterocycles. The third kappa shape index (κ3) is 12.3. The molecular formula is C49H57F3N6O7S. The number of carbonyl (C=O) groups excluding carboxylic acids is 4. The highest BCUT2D eigenvalue weighted by Crippen LogP contribution is 2.38. The Labute approximate surface area is 387 Å². The highest BCUT2D eigenvalue weighted by molar-refractivity contribution is 7.13. The van der Waals surface area contributed by atoms with Crippen molar-refractivity contribution in [3.63, 3.8) is 0 Å². The summed E-state index contributed by atoms with van der Waals surface area (Å²) in [5.41, 5.74) is 2.47. The number of unbranched alkanes of at least 4 members (excludes halogenated alkanes) is 2. The Morgan fingerprint density at radius 1 is 1.00 bits per heavy atom. The molecule has 3 aromatic carbocycles. The molecule has 0 bridgehead atoms. The van der Waals surface area contributed by atoms with E-state index in [-0.39, 0.29) is 55.9 Å². The van der Waals surface area contributed by atoms with Gasteiger partial charge in [-0.15, -0.1) is 11.3 Å². The summed E-state index contributed by atoms with van der Waals surface area (Å²) in [6.07, 6.45) is -4.48. The minimum absolute atomic E-state index is 0.0147. The first-order chi connectivity index (χ1) is 31.1. The number of hydrogen-bond donors (Lipinski definition) is 3. The summed E-state index contributed by atoms with van der Waals surface area (Å²) in [6, 6.07) is 17.9. The van der Waals surface area contributed by atoms with Crippen molar-refractivity contribution in [3.05, 3.63) is 100 Å². The molecule has 352 valence electrons. The molecule has 17 heteroatoms. The summed E-state index contributed by atoms with van der Waals surface area (Å²) < 4.78 is 52.4. The minimum atomic E-state index is -4.75. The number of hydrogen-bond acceptors (Lipinski definition) is 10. The van der Waals surface area contributed by atoms with Gasteiger partial charge >= 0.3 is 6.18 Å². The second-order valence-electron chi connectivity index (χ2n) is 18.7. The molecule has 2 fully saturated rings. The number of β-amino-alcohol motifs (C(OH)–C–C–N with tert-alkyl or cyclic N) is 1. The molecule has 0 aliphatic carbocycles. The standard InChI is InChI=1S/C49H57F3N6O7S/c1-30-41(66-29-55-30)33-15-11-31(12-16-33)25-54-44(61)39-22-35(59)27-58(39)45(62)42(47(2,3)4)56-40(60)10-8-7-9-21-64-36-18-13-32(14-19-36)26-57-28-48(5,6)43(46(57)63)65-37-20-17-34(24-53)38(23-37)49(50,51)52/h11-20,23,29,35,39,42-43,59H,7-10,21-22,25-28H2,1-6H3,(H,54,61)(H,56,60)/t35-,39+,42-,43?/m1/s1. The number of aliphatic hydroxyl groups excluding tert-OH is 1. The molecule has 4 atom stereocenters. The molecule has 0 saturated carbocycles. The number of rotatable bonds is 17. The van der Waals surface area contributed by atoms with Crippen molar-refractivity contribution in [3.8, 4) is 28.0 Å². The molecule has 4 aromatic rings.